The summed E-state index contributed by atoms with van der Waals surface area (Å²) in [5, 5.41) is 3.70. The molecule has 2 rings (SSSR count). The van der Waals surface area contributed by atoms with Gasteiger partial charge in [0.25, 0.3) is 0 Å². The maximum atomic E-state index is 11.9. The lowest BCUT2D eigenvalue weighted by atomic mass is 10.3. The number of para-hydroxylation sites is 1. The molecule has 0 aliphatic heterocycles. The van der Waals surface area contributed by atoms with Crippen molar-refractivity contribution in [3.8, 4) is 11.5 Å². The fraction of sp³-hybridized carbons (Fsp3) is 0.188. The van der Waals surface area contributed by atoms with Crippen LogP contribution in [0.15, 0.2) is 42.5 Å². The Morgan fingerprint density at radius 2 is 1.86 bits per heavy atom. The number of halogens is 2. The van der Waals surface area contributed by atoms with E-state index in [1.54, 1.807) is 30.3 Å². The van der Waals surface area contributed by atoms with Crippen LogP contribution in [0.5, 0.6) is 11.5 Å². The minimum Gasteiger partial charge on any atom is -0.495 e. The topological polar surface area (TPSA) is 47.6 Å². The quantitative estimate of drug-likeness (QED) is 0.847. The van der Waals surface area contributed by atoms with E-state index in [-0.39, 0.29) is 18.9 Å². The third-order valence-electron chi connectivity index (χ3n) is 2.86. The average Bonchev–Trinajstić information content (AvgIpc) is 2.49. The van der Waals surface area contributed by atoms with Crippen LogP contribution in [0.2, 0.25) is 10.0 Å². The molecule has 0 saturated carbocycles. The van der Waals surface area contributed by atoms with Crippen molar-refractivity contribution in [2.45, 2.75) is 6.42 Å². The second-order valence-corrected chi connectivity index (χ2v) is 5.24. The van der Waals surface area contributed by atoms with Crippen LogP contribution in [0.4, 0.5) is 5.69 Å². The van der Waals surface area contributed by atoms with Gasteiger partial charge in [0.2, 0.25) is 5.91 Å². The van der Waals surface area contributed by atoms with Gasteiger partial charge in [-0.2, -0.15) is 0 Å². The van der Waals surface area contributed by atoms with Crippen molar-refractivity contribution >= 4 is 34.8 Å². The number of anilines is 1. The van der Waals surface area contributed by atoms with Crippen molar-refractivity contribution in [2.75, 3.05) is 19.0 Å². The summed E-state index contributed by atoms with van der Waals surface area (Å²) < 4.78 is 10.5. The molecule has 0 fully saturated rings. The highest BCUT2D eigenvalue weighted by molar-refractivity contribution is 6.32. The van der Waals surface area contributed by atoms with Gasteiger partial charge in [-0.05, 0) is 30.3 Å². The van der Waals surface area contributed by atoms with Crippen molar-refractivity contribution in [3.63, 3.8) is 0 Å². The third-order valence-corrected chi connectivity index (χ3v) is 3.47. The van der Waals surface area contributed by atoms with Crippen LogP contribution in [-0.4, -0.2) is 19.6 Å². The highest BCUT2D eigenvalue weighted by Crippen LogP contribution is 2.27. The molecule has 6 heteroatoms. The van der Waals surface area contributed by atoms with E-state index in [0.29, 0.717) is 27.2 Å². The molecule has 0 unspecified atom stereocenters. The van der Waals surface area contributed by atoms with E-state index in [9.17, 15) is 4.79 Å². The van der Waals surface area contributed by atoms with Gasteiger partial charge in [-0.25, -0.2) is 0 Å². The summed E-state index contributed by atoms with van der Waals surface area (Å²) in [5.41, 5.74) is 0.605. The standard InChI is InChI=1S/C16H15Cl2NO3/c1-21-14-7-6-11(10-13(14)18)19-16(20)8-9-22-15-5-3-2-4-12(15)17/h2-7,10H,8-9H2,1H3,(H,19,20). The Kier molecular flexibility index (Phi) is 5.92. The third kappa shape index (κ3) is 4.55. The number of hydrogen-bond donors (Lipinski definition) is 1. The molecule has 4 nitrogen and oxygen atoms in total. The van der Waals surface area contributed by atoms with Crippen molar-refractivity contribution in [1.29, 1.82) is 0 Å². The summed E-state index contributed by atoms with van der Waals surface area (Å²) in [6.07, 6.45) is 0.203. The van der Waals surface area contributed by atoms with Crippen LogP contribution in [0.25, 0.3) is 0 Å². The summed E-state index contributed by atoms with van der Waals surface area (Å²) in [4.78, 5) is 11.9. The molecule has 2 aromatic rings. The molecular formula is C16H15Cl2NO3. The molecule has 0 bridgehead atoms. The minimum absolute atomic E-state index is 0.173. The number of carbonyl (C=O) groups is 1. The van der Waals surface area contributed by atoms with Gasteiger partial charge in [-0.1, -0.05) is 35.3 Å². The van der Waals surface area contributed by atoms with Crippen molar-refractivity contribution in [1.82, 2.24) is 0 Å². The molecule has 0 heterocycles. The molecule has 116 valence electrons. The van der Waals surface area contributed by atoms with Gasteiger partial charge in [0, 0.05) is 5.69 Å². The molecule has 0 atom stereocenters. The lowest BCUT2D eigenvalue weighted by Crippen LogP contribution is -2.15. The molecule has 0 spiro atoms. The summed E-state index contributed by atoms with van der Waals surface area (Å²) in [6, 6.07) is 12.2. The van der Waals surface area contributed by atoms with Crippen LogP contribution in [0, 0.1) is 0 Å². The zero-order valence-corrected chi connectivity index (χ0v) is 13.4. The van der Waals surface area contributed by atoms with Crippen molar-refractivity contribution in [2.24, 2.45) is 0 Å². The maximum absolute atomic E-state index is 11.9. The first-order valence-electron chi connectivity index (χ1n) is 6.61. The van der Waals surface area contributed by atoms with E-state index < -0.39 is 0 Å². The Labute approximate surface area is 138 Å². The number of hydrogen-bond acceptors (Lipinski definition) is 3. The largest absolute Gasteiger partial charge is 0.495 e. The first-order chi connectivity index (χ1) is 10.6. The van der Waals surface area contributed by atoms with Crippen LogP contribution in [0.1, 0.15) is 6.42 Å². The van der Waals surface area contributed by atoms with Crippen molar-refractivity contribution < 1.29 is 14.3 Å². The van der Waals surface area contributed by atoms with Gasteiger partial charge in [-0.15, -0.1) is 0 Å². The first kappa shape index (κ1) is 16.5. The smallest absolute Gasteiger partial charge is 0.227 e. The van der Waals surface area contributed by atoms with E-state index >= 15 is 0 Å². The molecule has 0 aliphatic carbocycles. The normalized spacial score (nSPS) is 10.1. The highest BCUT2D eigenvalue weighted by atomic mass is 35.5. The molecule has 0 saturated heterocycles. The van der Waals surface area contributed by atoms with Gasteiger partial charge in [-0.3, -0.25) is 4.79 Å². The Morgan fingerprint density at radius 1 is 1.09 bits per heavy atom. The summed E-state index contributed by atoms with van der Waals surface area (Å²) in [5.74, 6) is 0.944. The number of nitrogens with one attached hydrogen (secondary N) is 1. The fourth-order valence-electron chi connectivity index (χ4n) is 1.78. The van der Waals surface area contributed by atoms with Crippen LogP contribution >= 0.6 is 23.2 Å². The average molecular weight is 340 g/mol. The minimum atomic E-state index is -0.173. The maximum Gasteiger partial charge on any atom is 0.227 e. The number of benzene rings is 2. The lowest BCUT2D eigenvalue weighted by molar-refractivity contribution is -0.116. The Bertz CT molecular complexity index is 662. The van der Waals surface area contributed by atoms with E-state index in [4.69, 9.17) is 32.7 Å². The second-order valence-electron chi connectivity index (χ2n) is 4.43. The Hall–Kier alpha value is -1.91. The van der Waals surface area contributed by atoms with Crippen LogP contribution < -0.4 is 14.8 Å². The van der Waals surface area contributed by atoms with E-state index in [1.807, 2.05) is 12.1 Å². The summed E-state index contributed by atoms with van der Waals surface area (Å²) in [7, 11) is 1.53. The molecule has 0 aliphatic rings. The number of methoxy groups -OCH3 is 1. The first-order valence-corrected chi connectivity index (χ1v) is 7.36. The van der Waals surface area contributed by atoms with Gasteiger partial charge >= 0.3 is 0 Å². The molecule has 1 amide bonds. The predicted molar refractivity (Wildman–Crippen MR) is 88.2 cm³/mol. The highest BCUT2D eigenvalue weighted by Gasteiger charge is 2.07. The van der Waals surface area contributed by atoms with E-state index in [2.05, 4.69) is 5.32 Å². The van der Waals surface area contributed by atoms with E-state index in [0.717, 1.165) is 0 Å². The molecule has 0 radical (unpaired) electrons. The van der Waals surface area contributed by atoms with Gasteiger partial charge in [0.1, 0.15) is 11.5 Å². The lowest BCUT2D eigenvalue weighted by Gasteiger charge is -2.09. The Morgan fingerprint density at radius 3 is 2.55 bits per heavy atom. The Balaban J connectivity index is 1.83. The summed E-state index contributed by atoms with van der Waals surface area (Å²) in [6.45, 7) is 0.236. The number of ether oxygens (including phenoxy) is 2. The number of carbonyl (C=O) groups excluding carboxylic acids is 1. The molecule has 22 heavy (non-hydrogen) atoms. The zero-order valence-electron chi connectivity index (χ0n) is 11.9. The molecule has 0 aromatic heterocycles. The van der Waals surface area contributed by atoms with Gasteiger partial charge in [0.15, 0.2) is 0 Å². The second kappa shape index (κ2) is 7.92. The van der Waals surface area contributed by atoms with Crippen LogP contribution in [0.3, 0.4) is 0 Å². The molecule has 1 N–H and O–H groups in total. The van der Waals surface area contributed by atoms with Gasteiger partial charge in [0.05, 0.1) is 30.2 Å². The fourth-order valence-corrected chi connectivity index (χ4v) is 2.23. The predicted octanol–water partition coefficient (Wildman–Crippen LogP) is 4.41. The zero-order chi connectivity index (χ0) is 15.9. The van der Waals surface area contributed by atoms with E-state index in [1.165, 1.54) is 7.11 Å². The van der Waals surface area contributed by atoms with Crippen molar-refractivity contribution in [3.05, 3.63) is 52.5 Å². The molecule has 2 aromatic carbocycles. The molecular weight excluding hydrogens is 325 g/mol. The number of amides is 1. The monoisotopic (exact) mass is 339 g/mol. The van der Waals surface area contributed by atoms with Crippen LogP contribution in [-0.2, 0) is 4.79 Å². The number of rotatable bonds is 6. The summed E-state index contributed by atoms with van der Waals surface area (Å²) >= 11 is 12.0. The SMILES string of the molecule is COc1ccc(NC(=O)CCOc2ccccc2Cl)cc1Cl. The van der Waals surface area contributed by atoms with Gasteiger partial charge < -0.3 is 14.8 Å².